The maximum absolute atomic E-state index is 11.3. The number of hydrogen-bond acceptors (Lipinski definition) is 3. The minimum atomic E-state index is -0.0538. The van der Waals surface area contributed by atoms with Crippen LogP contribution >= 0.6 is 11.6 Å². The Balaban J connectivity index is 2.72. The fourth-order valence-corrected chi connectivity index (χ4v) is 1.81. The number of aryl methyl sites for hydroxylation is 1. The quantitative estimate of drug-likeness (QED) is 0.831. The predicted octanol–water partition coefficient (Wildman–Crippen LogP) is 2.01. The normalized spacial score (nSPS) is 10.2. The van der Waals surface area contributed by atoms with Crippen molar-refractivity contribution in [1.29, 1.82) is 0 Å². The minimum absolute atomic E-state index is 0.0538. The van der Waals surface area contributed by atoms with Gasteiger partial charge in [-0.25, -0.2) is 0 Å². The van der Waals surface area contributed by atoms with Crippen LogP contribution in [-0.4, -0.2) is 19.1 Å². The summed E-state index contributed by atoms with van der Waals surface area (Å²) in [7, 11) is 0. The second-order valence-electron chi connectivity index (χ2n) is 3.96. The second kappa shape index (κ2) is 7.24. The Morgan fingerprint density at radius 1 is 1.50 bits per heavy atom. The molecule has 3 N–H and O–H groups in total. The Hall–Kier alpha value is -1.26. The molecule has 0 aliphatic carbocycles. The number of amides is 1. The van der Waals surface area contributed by atoms with E-state index in [2.05, 4.69) is 5.32 Å². The van der Waals surface area contributed by atoms with Gasteiger partial charge in [-0.05, 0) is 37.1 Å². The van der Waals surface area contributed by atoms with Gasteiger partial charge in [0.05, 0.1) is 11.6 Å². The lowest BCUT2D eigenvalue weighted by Gasteiger charge is -2.12. The SMILES string of the molecule is CCOc1cc(C)c(CNC(=O)CCN)cc1Cl. The van der Waals surface area contributed by atoms with Crippen LogP contribution in [0.3, 0.4) is 0 Å². The van der Waals surface area contributed by atoms with Gasteiger partial charge in [0, 0.05) is 19.5 Å². The molecule has 0 fully saturated rings. The minimum Gasteiger partial charge on any atom is -0.492 e. The van der Waals surface area contributed by atoms with Crippen molar-refractivity contribution in [2.24, 2.45) is 5.73 Å². The van der Waals surface area contributed by atoms with Crippen molar-refractivity contribution in [2.45, 2.75) is 26.8 Å². The molecule has 1 aromatic rings. The summed E-state index contributed by atoms with van der Waals surface area (Å²) >= 11 is 6.10. The molecule has 0 unspecified atom stereocenters. The van der Waals surface area contributed by atoms with Crippen LogP contribution in [0.2, 0.25) is 5.02 Å². The van der Waals surface area contributed by atoms with E-state index in [1.807, 2.05) is 26.0 Å². The Labute approximate surface area is 112 Å². The Bertz CT molecular complexity index is 422. The topological polar surface area (TPSA) is 64.3 Å². The maximum atomic E-state index is 11.3. The highest BCUT2D eigenvalue weighted by Crippen LogP contribution is 2.28. The number of nitrogens with two attached hydrogens (primary N) is 1. The van der Waals surface area contributed by atoms with Gasteiger partial charge in [0.1, 0.15) is 5.75 Å². The highest BCUT2D eigenvalue weighted by molar-refractivity contribution is 6.32. The first kappa shape index (κ1) is 14.8. The highest BCUT2D eigenvalue weighted by Gasteiger charge is 2.08. The van der Waals surface area contributed by atoms with E-state index in [-0.39, 0.29) is 5.91 Å². The third-order valence-electron chi connectivity index (χ3n) is 2.54. The van der Waals surface area contributed by atoms with E-state index >= 15 is 0 Å². The van der Waals surface area contributed by atoms with Crippen molar-refractivity contribution in [3.05, 3.63) is 28.3 Å². The van der Waals surface area contributed by atoms with Crippen molar-refractivity contribution >= 4 is 17.5 Å². The lowest BCUT2D eigenvalue weighted by molar-refractivity contribution is -0.121. The van der Waals surface area contributed by atoms with Gasteiger partial charge in [0.15, 0.2) is 0 Å². The molecule has 0 heterocycles. The van der Waals surface area contributed by atoms with E-state index in [4.69, 9.17) is 22.1 Å². The summed E-state index contributed by atoms with van der Waals surface area (Å²) in [5, 5.41) is 3.36. The van der Waals surface area contributed by atoms with Crippen molar-refractivity contribution in [1.82, 2.24) is 5.32 Å². The number of benzene rings is 1. The summed E-state index contributed by atoms with van der Waals surface area (Å²) in [6, 6.07) is 3.71. The van der Waals surface area contributed by atoms with Crippen molar-refractivity contribution in [3.8, 4) is 5.75 Å². The average molecular weight is 271 g/mol. The molecule has 0 aliphatic heterocycles. The van der Waals surface area contributed by atoms with Crippen LogP contribution in [0.5, 0.6) is 5.75 Å². The molecule has 1 amide bonds. The van der Waals surface area contributed by atoms with Crippen LogP contribution in [0.4, 0.5) is 0 Å². The average Bonchev–Trinajstić information content (AvgIpc) is 2.32. The van der Waals surface area contributed by atoms with E-state index in [0.29, 0.717) is 36.9 Å². The molecule has 18 heavy (non-hydrogen) atoms. The molecule has 0 aromatic heterocycles. The van der Waals surface area contributed by atoms with Gasteiger partial charge in [0.2, 0.25) is 5.91 Å². The summed E-state index contributed by atoms with van der Waals surface area (Å²) < 4.78 is 5.40. The number of hydrogen-bond donors (Lipinski definition) is 2. The molecule has 5 heteroatoms. The predicted molar refractivity (Wildman–Crippen MR) is 72.9 cm³/mol. The fraction of sp³-hybridized carbons (Fsp3) is 0.462. The first-order valence-corrected chi connectivity index (χ1v) is 6.34. The van der Waals surface area contributed by atoms with Crippen molar-refractivity contribution < 1.29 is 9.53 Å². The van der Waals surface area contributed by atoms with Gasteiger partial charge in [-0.2, -0.15) is 0 Å². The zero-order chi connectivity index (χ0) is 13.5. The van der Waals surface area contributed by atoms with E-state index in [1.54, 1.807) is 0 Å². The zero-order valence-corrected chi connectivity index (χ0v) is 11.5. The van der Waals surface area contributed by atoms with Crippen molar-refractivity contribution in [3.63, 3.8) is 0 Å². The monoisotopic (exact) mass is 270 g/mol. The summed E-state index contributed by atoms with van der Waals surface area (Å²) in [6.45, 7) is 5.26. The van der Waals surface area contributed by atoms with Gasteiger partial charge in [-0.15, -0.1) is 0 Å². The molecule has 0 bridgehead atoms. The number of ether oxygens (including phenoxy) is 1. The molecule has 1 aromatic carbocycles. The molecular weight excluding hydrogens is 252 g/mol. The summed E-state index contributed by atoms with van der Waals surface area (Å²) in [4.78, 5) is 11.3. The Morgan fingerprint density at radius 2 is 2.22 bits per heavy atom. The third-order valence-corrected chi connectivity index (χ3v) is 2.83. The van der Waals surface area contributed by atoms with Gasteiger partial charge in [-0.1, -0.05) is 11.6 Å². The summed E-state index contributed by atoms with van der Waals surface area (Å²) in [5.41, 5.74) is 7.33. The largest absolute Gasteiger partial charge is 0.492 e. The molecule has 0 aliphatic rings. The lowest BCUT2D eigenvalue weighted by atomic mass is 10.1. The maximum Gasteiger partial charge on any atom is 0.221 e. The molecule has 100 valence electrons. The molecule has 0 saturated heterocycles. The van der Waals surface area contributed by atoms with Crippen LogP contribution in [0.15, 0.2) is 12.1 Å². The molecule has 0 spiro atoms. The number of carbonyl (C=O) groups is 1. The van der Waals surface area contributed by atoms with E-state index < -0.39 is 0 Å². The van der Waals surface area contributed by atoms with E-state index in [0.717, 1.165) is 11.1 Å². The number of nitrogens with one attached hydrogen (secondary N) is 1. The molecule has 1 rings (SSSR count). The van der Waals surface area contributed by atoms with Crippen molar-refractivity contribution in [2.75, 3.05) is 13.2 Å². The third kappa shape index (κ3) is 4.20. The van der Waals surface area contributed by atoms with Crippen LogP contribution in [0, 0.1) is 6.92 Å². The summed E-state index contributed by atoms with van der Waals surface area (Å²) in [5.74, 6) is 0.621. The second-order valence-corrected chi connectivity index (χ2v) is 4.36. The standard InChI is InChI=1S/C13H19ClN2O2/c1-3-18-12-6-9(2)10(7-11(12)14)8-16-13(17)4-5-15/h6-7H,3-5,8,15H2,1-2H3,(H,16,17). The highest BCUT2D eigenvalue weighted by atomic mass is 35.5. The molecule has 0 atom stereocenters. The van der Waals surface area contributed by atoms with E-state index in [1.165, 1.54) is 0 Å². The summed E-state index contributed by atoms with van der Waals surface area (Å²) in [6.07, 6.45) is 0.337. The Kier molecular flexibility index (Phi) is 5.95. The first-order valence-electron chi connectivity index (χ1n) is 5.97. The van der Waals surface area contributed by atoms with Gasteiger partial charge in [-0.3, -0.25) is 4.79 Å². The number of rotatable bonds is 6. The molecule has 0 radical (unpaired) electrons. The molecule has 4 nitrogen and oxygen atoms in total. The van der Waals surface area contributed by atoms with Crippen LogP contribution in [-0.2, 0) is 11.3 Å². The van der Waals surface area contributed by atoms with Gasteiger partial charge < -0.3 is 15.8 Å². The Morgan fingerprint density at radius 3 is 2.83 bits per heavy atom. The number of carbonyl (C=O) groups excluding carboxylic acids is 1. The zero-order valence-electron chi connectivity index (χ0n) is 10.8. The molecular formula is C13H19ClN2O2. The van der Waals surface area contributed by atoms with E-state index in [9.17, 15) is 4.79 Å². The number of halogens is 1. The smallest absolute Gasteiger partial charge is 0.221 e. The van der Waals surface area contributed by atoms with Crippen LogP contribution in [0.1, 0.15) is 24.5 Å². The van der Waals surface area contributed by atoms with Crippen LogP contribution < -0.4 is 15.8 Å². The lowest BCUT2D eigenvalue weighted by Crippen LogP contribution is -2.25. The van der Waals surface area contributed by atoms with Gasteiger partial charge >= 0.3 is 0 Å². The van der Waals surface area contributed by atoms with Crippen LogP contribution in [0.25, 0.3) is 0 Å². The van der Waals surface area contributed by atoms with Gasteiger partial charge in [0.25, 0.3) is 0 Å². The first-order chi connectivity index (χ1) is 8.58. The molecule has 0 saturated carbocycles. The fourth-order valence-electron chi connectivity index (χ4n) is 1.57.